The Morgan fingerprint density at radius 1 is 0.955 bits per heavy atom. The number of quaternary nitrogens is 2. The van der Waals surface area contributed by atoms with Crippen molar-refractivity contribution in [3.05, 3.63) is 42.0 Å². The molecule has 118 valence electrons. The number of benzene rings is 1. The predicted octanol–water partition coefficient (Wildman–Crippen LogP) is 0.672. The highest BCUT2D eigenvalue weighted by molar-refractivity contribution is 5.48. The van der Waals surface area contributed by atoms with Crippen LogP contribution in [0, 0.1) is 11.8 Å². The minimum absolute atomic E-state index is 1.03. The molecule has 2 nitrogen and oxygen atoms in total. The average Bonchev–Trinajstić information content (AvgIpc) is 3.20. The van der Waals surface area contributed by atoms with Crippen LogP contribution in [0.15, 0.2) is 36.4 Å². The minimum atomic E-state index is 1.03. The lowest BCUT2D eigenvalue weighted by atomic mass is 9.93. The molecule has 3 fully saturated rings. The number of rotatable bonds is 4. The van der Waals surface area contributed by atoms with Gasteiger partial charge in [0.15, 0.2) is 0 Å². The monoisotopic (exact) mass is 298 g/mol. The molecule has 2 bridgehead atoms. The molecule has 4 rings (SSSR count). The molecule has 22 heavy (non-hydrogen) atoms. The standard InChI is InChI=1S/C20H28N2/c1-2-5-17(6-3-1)7-4-10-21-11-13-22(14-12-21)20-16-18-8-9-19(20)15-18/h1-7,18-20H,8-16H2/p+2/b7-4+/t18-,19+,20-/m0/s1. The van der Waals surface area contributed by atoms with Crippen LogP contribution in [-0.2, 0) is 0 Å². The second-order valence-electron chi connectivity index (χ2n) is 7.71. The molecule has 3 atom stereocenters. The van der Waals surface area contributed by atoms with E-state index in [1.807, 2.05) is 4.90 Å². The molecule has 2 saturated carbocycles. The Kier molecular flexibility index (Phi) is 4.31. The lowest BCUT2D eigenvalue weighted by Gasteiger charge is -2.36. The molecule has 2 heteroatoms. The summed E-state index contributed by atoms with van der Waals surface area (Å²) in [5.41, 5.74) is 1.33. The maximum atomic E-state index is 2.37. The van der Waals surface area contributed by atoms with Gasteiger partial charge >= 0.3 is 0 Å². The largest absolute Gasteiger partial charge is 0.323 e. The van der Waals surface area contributed by atoms with Gasteiger partial charge in [-0.05, 0) is 36.8 Å². The maximum absolute atomic E-state index is 2.37. The Morgan fingerprint density at radius 3 is 2.45 bits per heavy atom. The fraction of sp³-hybridized carbons (Fsp3) is 0.600. The molecular weight excluding hydrogens is 268 g/mol. The number of hydrogen-bond donors (Lipinski definition) is 2. The molecule has 0 aromatic heterocycles. The summed E-state index contributed by atoms with van der Waals surface area (Å²) in [7, 11) is 0. The van der Waals surface area contributed by atoms with Crippen LogP contribution in [0.2, 0.25) is 0 Å². The third-order valence-electron chi connectivity index (χ3n) is 6.38. The van der Waals surface area contributed by atoms with Crippen molar-refractivity contribution in [3.8, 4) is 0 Å². The third kappa shape index (κ3) is 3.13. The predicted molar refractivity (Wildman–Crippen MR) is 91.0 cm³/mol. The van der Waals surface area contributed by atoms with E-state index in [-0.39, 0.29) is 0 Å². The lowest BCUT2D eigenvalue weighted by Crippen LogP contribution is -3.29. The summed E-state index contributed by atoms with van der Waals surface area (Å²) >= 11 is 0. The van der Waals surface area contributed by atoms with Crippen molar-refractivity contribution in [2.24, 2.45) is 11.8 Å². The van der Waals surface area contributed by atoms with Gasteiger partial charge in [0, 0.05) is 12.3 Å². The zero-order valence-corrected chi connectivity index (χ0v) is 13.6. The van der Waals surface area contributed by atoms with Gasteiger partial charge < -0.3 is 9.80 Å². The minimum Gasteiger partial charge on any atom is -0.323 e. The van der Waals surface area contributed by atoms with E-state index in [2.05, 4.69) is 42.5 Å². The normalized spacial score (nSPS) is 37.9. The van der Waals surface area contributed by atoms with Crippen molar-refractivity contribution in [1.29, 1.82) is 0 Å². The van der Waals surface area contributed by atoms with Crippen LogP contribution in [0.3, 0.4) is 0 Å². The van der Waals surface area contributed by atoms with Gasteiger partial charge in [0.25, 0.3) is 0 Å². The SMILES string of the molecule is C(=C\c1ccccc1)/C[NH+]1CC[NH+]([C@H]2C[C@H]3CC[C@@H]2C3)CC1. The van der Waals surface area contributed by atoms with Crippen molar-refractivity contribution >= 4 is 6.08 Å². The zero-order valence-electron chi connectivity index (χ0n) is 13.6. The van der Waals surface area contributed by atoms with Gasteiger partial charge in [0.1, 0.15) is 26.2 Å². The van der Waals surface area contributed by atoms with Crippen LogP contribution >= 0.6 is 0 Å². The molecule has 1 aliphatic heterocycles. The summed E-state index contributed by atoms with van der Waals surface area (Å²) in [6.45, 7) is 6.73. The Hall–Kier alpha value is -1.12. The summed E-state index contributed by atoms with van der Waals surface area (Å²) in [5.74, 6) is 2.18. The zero-order chi connectivity index (χ0) is 14.8. The quantitative estimate of drug-likeness (QED) is 0.809. The highest BCUT2D eigenvalue weighted by Crippen LogP contribution is 2.43. The summed E-state index contributed by atoms with van der Waals surface area (Å²) < 4.78 is 0. The van der Waals surface area contributed by atoms with Gasteiger partial charge in [-0.2, -0.15) is 0 Å². The van der Waals surface area contributed by atoms with Gasteiger partial charge in [0.2, 0.25) is 0 Å². The van der Waals surface area contributed by atoms with Gasteiger partial charge in [-0.25, -0.2) is 0 Å². The first kappa shape index (κ1) is 14.5. The Morgan fingerprint density at radius 2 is 1.77 bits per heavy atom. The van der Waals surface area contributed by atoms with E-state index in [4.69, 9.17) is 0 Å². The molecule has 0 radical (unpaired) electrons. The molecule has 0 unspecified atom stereocenters. The maximum Gasteiger partial charge on any atom is 0.127 e. The second-order valence-corrected chi connectivity index (χ2v) is 7.71. The summed E-state index contributed by atoms with van der Waals surface area (Å²) in [6, 6.07) is 11.7. The molecule has 0 spiro atoms. The van der Waals surface area contributed by atoms with Crippen LogP contribution in [-0.4, -0.2) is 38.8 Å². The van der Waals surface area contributed by atoms with Crippen LogP contribution in [0.1, 0.15) is 31.2 Å². The molecule has 2 aliphatic carbocycles. The van der Waals surface area contributed by atoms with Gasteiger partial charge in [0.05, 0.1) is 12.6 Å². The highest BCUT2D eigenvalue weighted by atomic mass is 15.3. The van der Waals surface area contributed by atoms with E-state index in [0.717, 1.165) is 17.9 Å². The van der Waals surface area contributed by atoms with E-state index < -0.39 is 0 Å². The first-order valence-corrected chi connectivity index (χ1v) is 9.28. The molecule has 1 aromatic rings. The Bertz CT molecular complexity index is 502. The fourth-order valence-electron chi connectivity index (χ4n) is 5.17. The topological polar surface area (TPSA) is 8.88 Å². The molecule has 1 saturated heterocycles. The summed E-state index contributed by atoms with van der Waals surface area (Å²) in [5, 5.41) is 0. The van der Waals surface area contributed by atoms with Crippen LogP contribution < -0.4 is 9.80 Å². The van der Waals surface area contributed by atoms with E-state index in [1.54, 1.807) is 17.7 Å². The fourth-order valence-corrected chi connectivity index (χ4v) is 5.17. The van der Waals surface area contributed by atoms with Crippen molar-refractivity contribution in [2.45, 2.75) is 31.7 Å². The van der Waals surface area contributed by atoms with Crippen molar-refractivity contribution < 1.29 is 9.80 Å². The molecule has 3 aliphatic rings. The van der Waals surface area contributed by atoms with Crippen molar-refractivity contribution in [3.63, 3.8) is 0 Å². The summed E-state index contributed by atoms with van der Waals surface area (Å²) in [6.07, 6.45) is 10.8. The highest BCUT2D eigenvalue weighted by Gasteiger charge is 2.45. The third-order valence-corrected chi connectivity index (χ3v) is 6.38. The summed E-state index contributed by atoms with van der Waals surface area (Å²) in [4.78, 5) is 3.72. The van der Waals surface area contributed by atoms with E-state index in [9.17, 15) is 0 Å². The molecule has 2 N–H and O–H groups in total. The Balaban J connectivity index is 1.23. The van der Waals surface area contributed by atoms with Gasteiger partial charge in [-0.3, -0.25) is 0 Å². The van der Waals surface area contributed by atoms with Gasteiger partial charge in [-0.15, -0.1) is 0 Å². The average molecular weight is 298 g/mol. The molecule has 1 aromatic carbocycles. The lowest BCUT2D eigenvalue weighted by molar-refractivity contribution is -1.02. The second kappa shape index (κ2) is 6.55. The smallest absolute Gasteiger partial charge is 0.127 e. The number of piperazine rings is 1. The molecule has 1 heterocycles. The number of hydrogen-bond acceptors (Lipinski definition) is 0. The van der Waals surface area contributed by atoms with Crippen LogP contribution in [0.5, 0.6) is 0 Å². The number of fused-ring (bicyclic) bond motifs is 2. The Labute approximate surface area is 134 Å². The van der Waals surface area contributed by atoms with Gasteiger partial charge in [-0.1, -0.05) is 36.4 Å². The van der Waals surface area contributed by atoms with Crippen LogP contribution in [0.25, 0.3) is 6.08 Å². The first-order valence-electron chi connectivity index (χ1n) is 9.28. The first-order chi connectivity index (χ1) is 10.9. The van der Waals surface area contributed by atoms with Crippen LogP contribution in [0.4, 0.5) is 0 Å². The molecule has 0 amide bonds. The van der Waals surface area contributed by atoms with E-state index in [1.165, 1.54) is 51.1 Å². The van der Waals surface area contributed by atoms with Crippen molar-refractivity contribution in [2.75, 3.05) is 32.7 Å². The van der Waals surface area contributed by atoms with E-state index in [0.29, 0.717) is 0 Å². The van der Waals surface area contributed by atoms with Crippen molar-refractivity contribution in [1.82, 2.24) is 0 Å². The molecular formula is C20H30N2+2. The number of nitrogens with one attached hydrogen (secondary N) is 2. The van der Waals surface area contributed by atoms with E-state index >= 15 is 0 Å².